The number of amides is 1. The average molecular weight is 388 g/mol. The molecule has 0 saturated carbocycles. The second kappa shape index (κ2) is 7.88. The van der Waals surface area contributed by atoms with Gasteiger partial charge in [0, 0.05) is 36.9 Å². The minimum Gasteiger partial charge on any atom is -0.485 e. The molecule has 0 aliphatic heterocycles. The van der Waals surface area contributed by atoms with Crippen molar-refractivity contribution in [2.75, 3.05) is 7.05 Å². The van der Waals surface area contributed by atoms with Crippen LogP contribution in [0.5, 0.6) is 5.75 Å². The third-order valence-electron chi connectivity index (χ3n) is 4.47. The lowest BCUT2D eigenvalue weighted by Crippen LogP contribution is -2.26. The van der Waals surface area contributed by atoms with Crippen molar-refractivity contribution in [3.05, 3.63) is 69.9 Å². The van der Waals surface area contributed by atoms with Gasteiger partial charge < -0.3 is 14.1 Å². The van der Waals surface area contributed by atoms with Crippen molar-refractivity contribution in [2.45, 2.75) is 27.0 Å². The van der Waals surface area contributed by atoms with Crippen LogP contribution in [0.1, 0.15) is 33.1 Å². The highest BCUT2D eigenvalue weighted by Gasteiger charge is 2.18. The summed E-state index contributed by atoms with van der Waals surface area (Å²) in [5, 5.41) is 4.87. The maximum absolute atomic E-state index is 12.6. The Hall–Kier alpha value is -2.73. The van der Waals surface area contributed by atoms with E-state index in [0.717, 1.165) is 22.6 Å². The zero-order chi connectivity index (χ0) is 19.6. The molecule has 7 heteroatoms. The van der Waals surface area contributed by atoms with E-state index in [1.807, 2.05) is 33.0 Å². The molecule has 0 spiro atoms. The van der Waals surface area contributed by atoms with E-state index in [1.165, 1.54) is 0 Å². The van der Waals surface area contributed by atoms with Crippen LogP contribution in [0.3, 0.4) is 0 Å². The Labute approximate surface area is 163 Å². The highest BCUT2D eigenvalue weighted by Crippen LogP contribution is 2.23. The Kier molecular flexibility index (Phi) is 5.56. The summed E-state index contributed by atoms with van der Waals surface area (Å²) in [6.45, 7) is 4.60. The normalized spacial score (nSPS) is 10.9. The molecule has 0 fully saturated rings. The molecule has 0 radical (unpaired) electrons. The Morgan fingerprint density at radius 2 is 2.07 bits per heavy atom. The molecular formula is C20H22ClN3O3. The smallest absolute Gasteiger partial charge is 0.289 e. The van der Waals surface area contributed by atoms with E-state index in [4.69, 9.17) is 20.8 Å². The lowest BCUT2D eigenvalue weighted by Gasteiger charge is -2.15. The Balaban J connectivity index is 1.62. The number of rotatable bonds is 6. The van der Waals surface area contributed by atoms with Crippen molar-refractivity contribution >= 4 is 17.5 Å². The number of nitrogens with zero attached hydrogens (tertiary/aromatic N) is 3. The molecule has 27 heavy (non-hydrogen) atoms. The lowest BCUT2D eigenvalue weighted by molar-refractivity contribution is 0.0749. The molecule has 0 aliphatic carbocycles. The van der Waals surface area contributed by atoms with Crippen molar-refractivity contribution in [2.24, 2.45) is 7.05 Å². The zero-order valence-electron chi connectivity index (χ0n) is 15.8. The molecular weight excluding hydrogens is 366 g/mol. The van der Waals surface area contributed by atoms with Crippen LogP contribution in [-0.2, 0) is 20.2 Å². The SMILES string of the molecule is Cc1cc(Cl)ccc1OCc1ccc(C(=O)N(C)Cc2cnn(C)c2C)o1. The quantitative estimate of drug-likeness (QED) is 0.638. The largest absolute Gasteiger partial charge is 0.485 e. The van der Waals surface area contributed by atoms with Gasteiger partial charge in [0.05, 0.1) is 6.20 Å². The number of halogens is 1. The predicted octanol–water partition coefficient (Wildman–Crippen LogP) is 4.13. The summed E-state index contributed by atoms with van der Waals surface area (Å²) >= 11 is 5.95. The second-order valence-corrected chi connectivity index (χ2v) is 6.94. The van der Waals surface area contributed by atoms with Gasteiger partial charge in [0.15, 0.2) is 5.76 Å². The first-order chi connectivity index (χ1) is 12.8. The minimum atomic E-state index is -0.188. The van der Waals surface area contributed by atoms with Gasteiger partial charge in [-0.15, -0.1) is 0 Å². The molecule has 0 unspecified atom stereocenters. The topological polar surface area (TPSA) is 60.5 Å². The Morgan fingerprint density at radius 3 is 2.74 bits per heavy atom. The summed E-state index contributed by atoms with van der Waals surface area (Å²) in [6.07, 6.45) is 1.77. The number of hydrogen-bond donors (Lipinski definition) is 0. The first-order valence-corrected chi connectivity index (χ1v) is 8.93. The van der Waals surface area contributed by atoms with Gasteiger partial charge in [-0.1, -0.05) is 11.6 Å². The molecule has 0 atom stereocenters. The summed E-state index contributed by atoms with van der Waals surface area (Å²) in [5.74, 6) is 1.41. The first-order valence-electron chi connectivity index (χ1n) is 8.55. The number of ether oxygens (including phenoxy) is 1. The molecule has 0 bridgehead atoms. The highest BCUT2D eigenvalue weighted by atomic mass is 35.5. The fourth-order valence-electron chi connectivity index (χ4n) is 2.71. The van der Waals surface area contributed by atoms with Crippen LogP contribution in [0, 0.1) is 13.8 Å². The number of aromatic nitrogens is 2. The van der Waals surface area contributed by atoms with E-state index < -0.39 is 0 Å². The minimum absolute atomic E-state index is 0.188. The van der Waals surface area contributed by atoms with Crippen LogP contribution < -0.4 is 4.74 Å². The Morgan fingerprint density at radius 1 is 1.30 bits per heavy atom. The third-order valence-corrected chi connectivity index (χ3v) is 4.71. The van der Waals surface area contributed by atoms with Gasteiger partial charge in [0.1, 0.15) is 18.1 Å². The van der Waals surface area contributed by atoms with Gasteiger partial charge in [-0.25, -0.2) is 0 Å². The molecule has 142 valence electrons. The predicted molar refractivity (Wildman–Crippen MR) is 103 cm³/mol. The number of benzene rings is 1. The van der Waals surface area contributed by atoms with Gasteiger partial charge in [0.25, 0.3) is 5.91 Å². The van der Waals surface area contributed by atoms with Gasteiger partial charge in [-0.3, -0.25) is 9.48 Å². The van der Waals surface area contributed by atoms with E-state index in [2.05, 4.69) is 5.10 Å². The molecule has 6 nitrogen and oxygen atoms in total. The number of carbonyl (C=O) groups is 1. The summed E-state index contributed by atoms with van der Waals surface area (Å²) in [6, 6.07) is 8.85. The van der Waals surface area contributed by atoms with Gasteiger partial charge in [-0.05, 0) is 49.7 Å². The number of hydrogen-bond acceptors (Lipinski definition) is 4. The number of carbonyl (C=O) groups excluding carboxylic acids is 1. The molecule has 3 rings (SSSR count). The molecule has 1 aromatic carbocycles. The van der Waals surface area contributed by atoms with Crippen LogP contribution in [-0.4, -0.2) is 27.6 Å². The average Bonchev–Trinajstić information content (AvgIpc) is 3.22. The van der Waals surface area contributed by atoms with Crippen LogP contribution in [0.4, 0.5) is 0 Å². The number of aryl methyl sites for hydroxylation is 2. The van der Waals surface area contributed by atoms with Crippen molar-refractivity contribution in [3.8, 4) is 5.75 Å². The maximum Gasteiger partial charge on any atom is 0.289 e. The maximum atomic E-state index is 12.6. The number of furan rings is 1. The van der Waals surface area contributed by atoms with Crippen LogP contribution >= 0.6 is 11.6 Å². The van der Waals surface area contributed by atoms with Gasteiger partial charge in [0.2, 0.25) is 0 Å². The lowest BCUT2D eigenvalue weighted by atomic mass is 10.2. The van der Waals surface area contributed by atoms with Crippen molar-refractivity contribution in [1.29, 1.82) is 0 Å². The first kappa shape index (κ1) is 19.0. The monoisotopic (exact) mass is 387 g/mol. The summed E-state index contributed by atoms with van der Waals surface area (Å²) in [4.78, 5) is 14.2. The molecule has 3 aromatic rings. The molecule has 1 amide bonds. The van der Waals surface area contributed by atoms with Crippen molar-refractivity contribution < 1.29 is 13.9 Å². The molecule has 0 saturated heterocycles. The summed E-state index contributed by atoms with van der Waals surface area (Å²) in [7, 11) is 3.62. The van der Waals surface area contributed by atoms with Crippen LogP contribution in [0.25, 0.3) is 0 Å². The summed E-state index contributed by atoms with van der Waals surface area (Å²) in [5.41, 5.74) is 2.97. The van der Waals surface area contributed by atoms with Crippen molar-refractivity contribution in [3.63, 3.8) is 0 Å². The van der Waals surface area contributed by atoms with Crippen LogP contribution in [0.15, 0.2) is 40.9 Å². The fourth-order valence-corrected chi connectivity index (χ4v) is 2.94. The van der Waals surface area contributed by atoms with Gasteiger partial charge >= 0.3 is 0 Å². The highest BCUT2D eigenvalue weighted by molar-refractivity contribution is 6.30. The van der Waals surface area contributed by atoms with Crippen LogP contribution in [0.2, 0.25) is 5.02 Å². The van der Waals surface area contributed by atoms with E-state index in [1.54, 1.807) is 41.0 Å². The molecule has 0 aliphatic rings. The molecule has 2 heterocycles. The Bertz CT molecular complexity index is 961. The van der Waals surface area contributed by atoms with E-state index in [-0.39, 0.29) is 18.3 Å². The molecule has 0 N–H and O–H groups in total. The fraction of sp³-hybridized carbons (Fsp3) is 0.300. The van der Waals surface area contributed by atoms with E-state index in [9.17, 15) is 4.79 Å². The third kappa shape index (κ3) is 4.34. The van der Waals surface area contributed by atoms with E-state index in [0.29, 0.717) is 17.3 Å². The van der Waals surface area contributed by atoms with E-state index >= 15 is 0 Å². The zero-order valence-corrected chi connectivity index (χ0v) is 16.6. The van der Waals surface area contributed by atoms with Gasteiger partial charge in [-0.2, -0.15) is 5.10 Å². The second-order valence-electron chi connectivity index (χ2n) is 6.50. The van der Waals surface area contributed by atoms with Crippen molar-refractivity contribution in [1.82, 2.24) is 14.7 Å². The molecule has 2 aromatic heterocycles. The summed E-state index contributed by atoms with van der Waals surface area (Å²) < 4.78 is 13.2. The standard InChI is InChI=1S/C20H22ClN3O3/c1-13-9-16(21)5-7-18(13)26-12-17-6-8-19(27-17)20(25)23(3)11-15-10-22-24(4)14(15)2/h5-10H,11-12H2,1-4H3.